The van der Waals surface area contributed by atoms with Crippen molar-refractivity contribution in [1.29, 1.82) is 0 Å². The third kappa shape index (κ3) is 3.17. The van der Waals surface area contributed by atoms with Crippen LogP contribution in [0.5, 0.6) is 0 Å². The van der Waals surface area contributed by atoms with Gasteiger partial charge in [0, 0.05) is 17.2 Å². The number of hydrogen-bond donors (Lipinski definition) is 0. The number of carbonyl (C=O) groups excluding carboxylic acids is 1. The average Bonchev–Trinajstić information content (AvgIpc) is 2.38. The highest BCUT2D eigenvalue weighted by Crippen LogP contribution is 2.27. The lowest BCUT2D eigenvalue weighted by Gasteiger charge is -2.07. The molecule has 20 heavy (non-hydrogen) atoms. The first-order valence-electron chi connectivity index (χ1n) is 6.43. The Hall–Kier alpha value is -1.87. The quantitative estimate of drug-likeness (QED) is 0.631. The summed E-state index contributed by atoms with van der Waals surface area (Å²) in [7, 11) is 0. The Balaban J connectivity index is 2.45. The molecular weight excluding hydrogens is 274 g/mol. The normalized spacial score (nSPS) is 11.2. The highest BCUT2D eigenvalue weighted by molar-refractivity contribution is 6.35. The van der Waals surface area contributed by atoms with Crippen LogP contribution in [0.1, 0.15) is 23.7 Å². The molecular formula is C16H16ClNO2. The summed E-state index contributed by atoms with van der Waals surface area (Å²) in [5.41, 5.74) is 3.70. The molecule has 0 aliphatic rings. The number of pyridine rings is 1. The summed E-state index contributed by atoms with van der Waals surface area (Å²) in [4.78, 5) is 15.8. The molecule has 2 rings (SSSR count). The minimum absolute atomic E-state index is 0.349. The topological polar surface area (TPSA) is 39.2 Å². The van der Waals surface area contributed by atoms with Crippen molar-refractivity contribution in [1.82, 2.24) is 4.98 Å². The minimum Gasteiger partial charge on any atom is -0.463 e. The molecule has 0 N–H and O–H groups in total. The summed E-state index contributed by atoms with van der Waals surface area (Å²) in [6.07, 6.45) is 3.14. The van der Waals surface area contributed by atoms with Crippen LogP contribution in [0.4, 0.5) is 0 Å². The van der Waals surface area contributed by atoms with Crippen LogP contribution in [0.25, 0.3) is 17.0 Å². The van der Waals surface area contributed by atoms with E-state index in [0.29, 0.717) is 11.6 Å². The van der Waals surface area contributed by atoms with Crippen LogP contribution in [0.15, 0.2) is 24.3 Å². The molecule has 0 fully saturated rings. The largest absolute Gasteiger partial charge is 0.463 e. The summed E-state index contributed by atoms with van der Waals surface area (Å²) >= 11 is 6.26. The number of aryl methyl sites for hydroxylation is 2. The lowest BCUT2D eigenvalue weighted by Crippen LogP contribution is -1.98. The van der Waals surface area contributed by atoms with Gasteiger partial charge in [0.05, 0.1) is 17.1 Å². The number of halogens is 1. The standard InChI is InChI=1S/C16H16ClNO2/c1-4-20-15(19)6-5-12-7-10(2)16-13(9-12)14(17)8-11(3)18-16/h5-9H,4H2,1-3H3/b6-5+. The van der Waals surface area contributed by atoms with E-state index >= 15 is 0 Å². The predicted octanol–water partition coefficient (Wildman–Crippen LogP) is 4.08. The Morgan fingerprint density at radius 3 is 2.80 bits per heavy atom. The SMILES string of the molecule is CCOC(=O)/C=C/c1cc(C)c2nc(C)cc(Cl)c2c1. The highest BCUT2D eigenvalue weighted by atomic mass is 35.5. The van der Waals surface area contributed by atoms with Crippen molar-refractivity contribution in [2.75, 3.05) is 6.61 Å². The second-order valence-corrected chi connectivity index (χ2v) is 4.97. The van der Waals surface area contributed by atoms with E-state index in [2.05, 4.69) is 4.98 Å². The van der Waals surface area contributed by atoms with Crippen LogP contribution in [0.2, 0.25) is 5.02 Å². The number of benzene rings is 1. The van der Waals surface area contributed by atoms with E-state index in [1.54, 1.807) is 13.0 Å². The summed E-state index contributed by atoms with van der Waals surface area (Å²) in [6.45, 7) is 6.04. The Morgan fingerprint density at radius 1 is 1.35 bits per heavy atom. The zero-order valence-electron chi connectivity index (χ0n) is 11.7. The highest BCUT2D eigenvalue weighted by Gasteiger charge is 2.06. The lowest BCUT2D eigenvalue weighted by atomic mass is 10.0. The van der Waals surface area contributed by atoms with E-state index in [9.17, 15) is 4.79 Å². The van der Waals surface area contributed by atoms with E-state index in [0.717, 1.165) is 27.7 Å². The maximum atomic E-state index is 11.3. The van der Waals surface area contributed by atoms with Crippen molar-refractivity contribution < 1.29 is 9.53 Å². The number of carbonyl (C=O) groups is 1. The molecule has 0 unspecified atom stereocenters. The van der Waals surface area contributed by atoms with Crippen molar-refractivity contribution in [2.24, 2.45) is 0 Å². The van der Waals surface area contributed by atoms with Crippen molar-refractivity contribution in [2.45, 2.75) is 20.8 Å². The maximum absolute atomic E-state index is 11.3. The molecule has 0 amide bonds. The molecule has 0 spiro atoms. The van der Waals surface area contributed by atoms with E-state index in [-0.39, 0.29) is 5.97 Å². The molecule has 4 heteroatoms. The third-order valence-corrected chi connectivity index (χ3v) is 3.22. The second kappa shape index (κ2) is 6.06. The molecule has 0 aliphatic carbocycles. The van der Waals surface area contributed by atoms with E-state index in [4.69, 9.17) is 16.3 Å². The van der Waals surface area contributed by atoms with Gasteiger partial charge in [0.2, 0.25) is 0 Å². The van der Waals surface area contributed by atoms with Gasteiger partial charge >= 0.3 is 5.97 Å². The van der Waals surface area contributed by atoms with Crippen molar-refractivity contribution in [3.63, 3.8) is 0 Å². The van der Waals surface area contributed by atoms with E-state index in [1.165, 1.54) is 6.08 Å². The fourth-order valence-corrected chi connectivity index (χ4v) is 2.36. The van der Waals surface area contributed by atoms with Crippen LogP contribution in [0, 0.1) is 13.8 Å². The molecule has 0 saturated heterocycles. The third-order valence-electron chi connectivity index (χ3n) is 2.90. The number of rotatable bonds is 3. The van der Waals surface area contributed by atoms with Gasteiger partial charge in [-0.25, -0.2) is 4.79 Å². The van der Waals surface area contributed by atoms with Crippen molar-refractivity contribution >= 4 is 34.5 Å². The molecule has 1 aromatic carbocycles. The second-order valence-electron chi connectivity index (χ2n) is 4.56. The van der Waals surface area contributed by atoms with Gasteiger partial charge in [0.1, 0.15) is 0 Å². The Labute approximate surface area is 123 Å². The fraction of sp³-hybridized carbons (Fsp3) is 0.250. The summed E-state index contributed by atoms with van der Waals surface area (Å²) in [6, 6.07) is 5.73. The number of hydrogen-bond acceptors (Lipinski definition) is 3. The monoisotopic (exact) mass is 289 g/mol. The molecule has 0 bridgehead atoms. The number of esters is 1. The van der Waals surface area contributed by atoms with Gasteiger partial charge in [-0.1, -0.05) is 11.6 Å². The van der Waals surface area contributed by atoms with Gasteiger partial charge in [0.15, 0.2) is 0 Å². The average molecular weight is 290 g/mol. The Morgan fingerprint density at radius 2 is 2.10 bits per heavy atom. The molecule has 2 aromatic rings. The molecule has 0 radical (unpaired) electrons. The number of ether oxygens (including phenoxy) is 1. The van der Waals surface area contributed by atoms with Gasteiger partial charge in [-0.2, -0.15) is 0 Å². The van der Waals surface area contributed by atoms with Crippen LogP contribution < -0.4 is 0 Å². The van der Waals surface area contributed by atoms with Crippen molar-refractivity contribution in [3.8, 4) is 0 Å². The number of nitrogens with zero attached hydrogens (tertiary/aromatic N) is 1. The number of aromatic nitrogens is 1. The molecule has 0 aliphatic heterocycles. The zero-order chi connectivity index (χ0) is 14.7. The molecule has 3 nitrogen and oxygen atoms in total. The first-order chi connectivity index (χ1) is 9.51. The molecule has 0 saturated carbocycles. The first-order valence-corrected chi connectivity index (χ1v) is 6.81. The zero-order valence-corrected chi connectivity index (χ0v) is 12.5. The summed E-state index contributed by atoms with van der Waals surface area (Å²) in [5.74, 6) is -0.349. The van der Waals surface area contributed by atoms with E-state index < -0.39 is 0 Å². The lowest BCUT2D eigenvalue weighted by molar-refractivity contribution is -0.137. The summed E-state index contributed by atoms with van der Waals surface area (Å²) in [5, 5.41) is 1.56. The predicted molar refractivity (Wildman–Crippen MR) is 81.9 cm³/mol. The smallest absolute Gasteiger partial charge is 0.330 e. The number of fused-ring (bicyclic) bond motifs is 1. The van der Waals surface area contributed by atoms with Crippen LogP contribution >= 0.6 is 11.6 Å². The van der Waals surface area contributed by atoms with Gasteiger partial charge in [0.25, 0.3) is 0 Å². The van der Waals surface area contributed by atoms with Crippen LogP contribution in [-0.2, 0) is 9.53 Å². The molecule has 1 heterocycles. The Bertz CT molecular complexity index is 692. The van der Waals surface area contributed by atoms with Gasteiger partial charge < -0.3 is 4.74 Å². The van der Waals surface area contributed by atoms with Crippen molar-refractivity contribution in [3.05, 3.63) is 46.1 Å². The molecule has 0 atom stereocenters. The molecule has 104 valence electrons. The van der Waals surface area contributed by atoms with Crippen LogP contribution in [0.3, 0.4) is 0 Å². The van der Waals surface area contributed by atoms with Gasteiger partial charge in [-0.3, -0.25) is 4.98 Å². The first kappa shape index (κ1) is 14.5. The Kier molecular flexibility index (Phi) is 4.40. The fourth-order valence-electron chi connectivity index (χ4n) is 2.06. The minimum atomic E-state index is -0.349. The van der Waals surface area contributed by atoms with E-state index in [1.807, 2.05) is 32.0 Å². The maximum Gasteiger partial charge on any atom is 0.330 e. The summed E-state index contributed by atoms with van der Waals surface area (Å²) < 4.78 is 4.86. The van der Waals surface area contributed by atoms with Crippen LogP contribution in [-0.4, -0.2) is 17.6 Å². The van der Waals surface area contributed by atoms with Gasteiger partial charge in [-0.05, 0) is 56.2 Å². The molecule has 1 aromatic heterocycles. The van der Waals surface area contributed by atoms with Gasteiger partial charge in [-0.15, -0.1) is 0 Å².